The number of hydrogen-bond acceptors (Lipinski definition) is 5. The molecule has 1 aromatic heterocycles. The van der Waals surface area contributed by atoms with E-state index in [1.165, 1.54) is 0 Å². The highest BCUT2D eigenvalue weighted by molar-refractivity contribution is 5.36. The van der Waals surface area contributed by atoms with Crippen molar-refractivity contribution in [3.63, 3.8) is 0 Å². The Hall–Kier alpha value is -1.20. The van der Waals surface area contributed by atoms with E-state index in [4.69, 9.17) is 9.47 Å². The minimum atomic E-state index is -0.195. The largest absolute Gasteiger partial charge is 0.382 e. The van der Waals surface area contributed by atoms with Gasteiger partial charge in [0.25, 0.3) is 0 Å². The predicted molar refractivity (Wildman–Crippen MR) is 65.1 cm³/mol. The van der Waals surface area contributed by atoms with Crippen LogP contribution in [0.1, 0.15) is 13.8 Å². The van der Waals surface area contributed by atoms with Gasteiger partial charge in [0.15, 0.2) is 0 Å². The van der Waals surface area contributed by atoms with Gasteiger partial charge in [0.2, 0.25) is 0 Å². The lowest BCUT2D eigenvalue weighted by Crippen LogP contribution is -2.54. The lowest BCUT2D eigenvalue weighted by Gasteiger charge is -2.43. The van der Waals surface area contributed by atoms with Crippen molar-refractivity contribution in [2.75, 3.05) is 31.7 Å². The molecule has 94 valence electrons. The van der Waals surface area contributed by atoms with Crippen LogP contribution in [-0.2, 0) is 9.47 Å². The van der Waals surface area contributed by atoms with Crippen LogP contribution in [0.2, 0.25) is 0 Å². The summed E-state index contributed by atoms with van der Waals surface area (Å²) >= 11 is 0. The molecule has 5 nitrogen and oxygen atoms in total. The van der Waals surface area contributed by atoms with Crippen molar-refractivity contribution < 1.29 is 9.47 Å². The monoisotopic (exact) mass is 237 g/mol. The molecule has 1 aliphatic heterocycles. The van der Waals surface area contributed by atoms with Crippen molar-refractivity contribution in [3.8, 4) is 0 Å². The quantitative estimate of drug-likeness (QED) is 0.788. The van der Waals surface area contributed by atoms with E-state index < -0.39 is 0 Å². The zero-order chi connectivity index (χ0) is 12.3. The van der Waals surface area contributed by atoms with Gasteiger partial charge in [0.1, 0.15) is 5.82 Å². The third-order valence-electron chi connectivity index (χ3n) is 2.71. The van der Waals surface area contributed by atoms with E-state index in [1.54, 1.807) is 25.7 Å². The highest BCUT2D eigenvalue weighted by Crippen LogP contribution is 2.24. The number of rotatable bonds is 3. The molecule has 0 saturated carbocycles. The Kier molecular flexibility index (Phi) is 3.59. The molecule has 2 heterocycles. The Balaban J connectivity index is 2.12. The minimum absolute atomic E-state index is 0.0748. The second-order valence-electron chi connectivity index (χ2n) is 4.90. The fourth-order valence-corrected chi connectivity index (χ4v) is 2.20. The molecule has 1 aliphatic rings. The first-order chi connectivity index (χ1) is 8.11. The number of anilines is 1. The number of aromatic nitrogens is 2. The summed E-state index contributed by atoms with van der Waals surface area (Å²) in [5.41, 5.74) is -0.195. The first-order valence-electron chi connectivity index (χ1n) is 5.78. The van der Waals surface area contributed by atoms with E-state index in [0.29, 0.717) is 6.61 Å². The second-order valence-corrected chi connectivity index (χ2v) is 4.90. The van der Waals surface area contributed by atoms with Crippen LogP contribution in [0, 0.1) is 0 Å². The van der Waals surface area contributed by atoms with Gasteiger partial charge >= 0.3 is 0 Å². The van der Waals surface area contributed by atoms with Crippen LogP contribution >= 0.6 is 0 Å². The van der Waals surface area contributed by atoms with Crippen LogP contribution in [0.25, 0.3) is 0 Å². The second kappa shape index (κ2) is 4.98. The minimum Gasteiger partial charge on any atom is -0.382 e. The smallest absolute Gasteiger partial charge is 0.147 e. The molecule has 0 aliphatic carbocycles. The van der Waals surface area contributed by atoms with Crippen molar-refractivity contribution in [3.05, 3.63) is 18.6 Å². The average Bonchev–Trinajstić information content (AvgIpc) is 2.28. The molecule has 1 saturated heterocycles. The molecule has 0 aromatic carbocycles. The molecule has 5 heteroatoms. The fourth-order valence-electron chi connectivity index (χ4n) is 2.20. The Morgan fingerprint density at radius 3 is 3.00 bits per heavy atom. The summed E-state index contributed by atoms with van der Waals surface area (Å²) < 4.78 is 11.1. The molecule has 2 rings (SSSR count). The third kappa shape index (κ3) is 3.14. The highest BCUT2D eigenvalue weighted by atomic mass is 16.5. The van der Waals surface area contributed by atoms with Crippen LogP contribution in [0.15, 0.2) is 18.6 Å². The van der Waals surface area contributed by atoms with Crippen LogP contribution in [0.5, 0.6) is 0 Å². The molecule has 1 aromatic rings. The topological polar surface area (TPSA) is 47.5 Å². The van der Waals surface area contributed by atoms with Gasteiger partial charge in [0, 0.05) is 32.6 Å². The molecular formula is C12H19N3O2. The van der Waals surface area contributed by atoms with Crippen LogP contribution < -0.4 is 4.90 Å². The number of morpholine rings is 1. The van der Waals surface area contributed by atoms with E-state index in [2.05, 4.69) is 28.7 Å². The van der Waals surface area contributed by atoms with Gasteiger partial charge < -0.3 is 14.4 Å². The molecule has 0 N–H and O–H groups in total. The molecule has 17 heavy (non-hydrogen) atoms. The third-order valence-corrected chi connectivity index (χ3v) is 2.71. The van der Waals surface area contributed by atoms with Crippen molar-refractivity contribution in [2.45, 2.75) is 25.6 Å². The number of nitrogens with zero attached hydrogens (tertiary/aromatic N) is 3. The summed E-state index contributed by atoms with van der Waals surface area (Å²) in [6.07, 6.45) is 5.25. The van der Waals surface area contributed by atoms with Gasteiger partial charge in [-0.3, -0.25) is 4.98 Å². The normalized spacial score (nSPS) is 23.7. The van der Waals surface area contributed by atoms with Crippen LogP contribution in [-0.4, -0.2) is 48.5 Å². The van der Waals surface area contributed by atoms with Gasteiger partial charge in [0.05, 0.1) is 24.5 Å². The van der Waals surface area contributed by atoms with E-state index in [1.807, 2.05) is 0 Å². The summed E-state index contributed by atoms with van der Waals surface area (Å²) in [7, 11) is 1.69. The molecule has 1 atom stereocenters. The fraction of sp³-hybridized carbons (Fsp3) is 0.667. The van der Waals surface area contributed by atoms with Crippen molar-refractivity contribution >= 4 is 5.82 Å². The summed E-state index contributed by atoms with van der Waals surface area (Å²) in [5, 5.41) is 0. The predicted octanol–water partition coefficient (Wildman–Crippen LogP) is 1.11. The van der Waals surface area contributed by atoms with Gasteiger partial charge in [-0.1, -0.05) is 0 Å². The number of hydrogen-bond donors (Lipinski definition) is 0. The standard InChI is InChI=1S/C12H19N3O2/c1-12(2)9-15(7-10(17-12)8-16-3)11-6-13-4-5-14-11/h4-6,10H,7-9H2,1-3H3/t10-/m1/s1. The molecule has 1 fully saturated rings. The molecule has 0 radical (unpaired) electrons. The lowest BCUT2D eigenvalue weighted by atomic mass is 10.1. The maximum atomic E-state index is 5.95. The van der Waals surface area contributed by atoms with Crippen molar-refractivity contribution in [2.24, 2.45) is 0 Å². The number of methoxy groups -OCH3 is 1. The van der Waals surface area contributed by atoms with Crippen LogP contribution in [0.4, 0.5) is 5.82 Å². The summed E-state index contributed by atoms with van der Waals surface area (Å²) in [4.78, 5) is 10.6. The Morgan fingerprint density at radius 2 is 2.35 bits per heavy atom. The Morgan fingerprint density at radius 1 is 1.53 bits per heavy atom. The van der Waals surface area contributed by atoms with E-state index in [9.17, 15) is 0 Å². The first-order valence-corrected chi connectivity index (χ1v) is 5.78. The summed E-state index contributed by atoms with van der Waals surface area (Å²) in [6.45, 7) is 6.36. The maximum Gasteiger partial charge on any atom is 0.147 e. The molecule has 0 amide bonds. The lowest BCUT2D eigenvalue weighted by molar-refractivity contribution is -0.106. The number of ether oxygens (including phenoxy) is 2. The highest BCUT2D eigenvalue weighted by Gasteiger charge is 2.33. The van der Waals surface area contributed by atoms with Crippen LogP contribution in [0.3, 0.4) is 0 Å². The van der Waals surface area contributed by atoms with Gasteiger partial charge in [-0.2, -0.15) is 0 Å². The SMILES string of the molecule is COC[C@H]1CN(c2cnccn2)CC(C)(C)O1. The van der Waals surface area contributed by atoms with Crippen molar-refractivity contribution in [1.29, 1.82) is 0 Å². The van der Waals surface area contributed by atoms with E-state index in [-0.39, 0.29) is 11.7 Å². The first kappa shape index (κ1) is 12.3. The molecule has 0 spiro atoms. The van der Waals surface area contributed by atoms with Gasteiger partial charge in [-0.05, 0) is 13.8 Å². The average molecular weight is 237 g/mol. The van der Waals surface area contributed by atoms with Gasteiger partial charge in [-0.25, -0.2) is 4.98 Å². The summed E-state index contributed by atoms with van der Waals surface area (Å²) in [5.74, 6) is 0.893. The van der Waals surface area contributed by atoms with Gasteiger partial charge in [-0.15, -0.1) is 0 Å². The zero-order valence-corrected chi connectivity index (χ0v) is 10.6. The van der Waals surface area contributed by atoms with E-state index in [0.717, 1.165) is 18.9 Å². The zero-order valence-electron chi connectivity index (χ0n) is 10.6. The maximum absolute atomic E-state index is 5.95. The Labute approximate surface area is 102 Å². The van der Waals surface area contributed by atoms with Crippen molar-refractivity contribution in [1.82, 2.24) is 9.97 Å². The molecule has 0 unspecified atom stereocenters. The van der Waals surface area contributed by atoms with E-state index >= 15 is 0 Å². The molecule has 0 bridgehead atoms. The molecular weight excluding hydrogens is 218 g/mol. The summed E-state index contributed by atoms with van der Waals surface area (Å²) in [6, 6.07) is 0. The Bertz CT molecular complexity index is 356.